The largest absolute Gasteiger partial charge is 0.507 e. The summed E-state index contributed by atoms with van der Waals surface area (Å²) in [6.07, 6.45) is -18.4. The van der Waals surface area contributed by atoms with E-state index in [0.29, 0.717) is 0 Å². The molecule has 0 aliphatic carbocycles. The van der Waals surface area contributed by atoms with Crippen molar-refractivity contribution in [2.24, 2.45) is 0 Å². The quantitative estimate of drug-likeness (QED) is 0.0598. The third kappa shape index (κ3) is 7.75. The zero-order valence-corrected chi connectivity index (χ0v) is 25.8. The molecule has 2 fully saturated rings. The maximum atomic E-state index is 12.0. The van der Waals surface area contributed by atoms with Gasteiger partial charge in [0.2, 0.25) is 18.3 Å². The van der Waals surface area contributed by atoms with Crippen molar-refractivity contribution < 1.29 is 93.9 Å². The van der Waals surface area contributed by atoms with Crippen molar-refractivity contribution in [3.63, 3.8) is 0 Å². The molecule has 10 atom stereocenters. The van der Waals surface area contributed by atoms with E-state index in [1.54, 1.807) is 0 Å². The van der Waals surface area contributed by atoms with Crippen molar-refractivity contribution in [1.29, 1.82) is 0 Å². The summed E-state index contributed by atoms with van der Waals surface area (Å²) in [6, 6.07) is 6.93. The van der Waals surface area contributed by atoms with Gasteiger partial charge in [-0.3, -0.25) is 9.59 Å². The number of carbonyl (C=O) groups excluding carboxylic acids is 1. The van der Waals surface area contributed by atoms with Crippen LogP contribution in [0.3, 0.4) is 0 Å². The number of phenols is 3. The molecule has 2 saturated heterocycles. The fourth-order valence-electron chi connectivity index (χ4n) is 5.24. The Labute approximate surface area is 280 Å². The van der Waals surface area contributed by atoms with Crippen molar-refractivity contribution >= 4 is 22.9 Å². The highest BCUT2D eigenvalue weighted by Crippen LogP contribution is 2.43. The van der Waals surface area contributed by atoms with E-state index >= 15 is 0 Å². The van der Waals surface area contributed by atoms with Crippen LogP contribution in [-0.4, -0.2) is 143 Å². The second-order valence-corrected chi connectivity index (χ2v) is 11.5. The van der Waals surface area contributed by atoms with Gasteiger partial charge in [0.15, 0.2) is 11.5 Å². The van der Waals surface area contributed by atoms with E-state index in [4.69, 9.17) is 33.2 Å². The maximum Gasteiger partial charge on any atom is 0.402 e. The number of phenolic OH excluding ortho intramolecular Hbond substituents is 3. The Morgan fingerprint density at radius 3 is 1.96 bits per heavy atom. The number of ether oxygens (including phenoxy) is 5. The first-order chi connectivity index (χ1) is 23.7. The smallest absolute Gasteiger partial charge is 0.402 e. The number of rotatable bonds is 11. The predicted octanol–water partition coefficient (Wildman–Crippen LogP) is -1.73. The molecule has 0 radical (unpaired) electrons. The first-order valence-electron chi connectivity index (χ1n) is 15.1. The molecule has 0 spiro atoms. The normalized spacial score (nSPS) is 29.7. The zero-order chi connectivity index (χ0) is 36.4. The molecule has 19 nitrogen and oxygen atoms in total. The molecule has 5 rings (SSSR count). The standard InChI is InChI=1S/C31H34O19/c32-9-19-23(39)25(41)27(43)30(49-19)47-17-7-12(33)6-16-13(17)8-18(29(46-16)11-1-2-14(34)15(35)5-11)48-31-28(44)26(42)24(40)20(50-31)10-45-22(38)4-3-21(36)37/h1-2,5-8,19-20,23-28,30-32,39-44H,3-4,9-10H2,(H3-,33,34,35,36,37)/p+1/t19-,20-,23-,24-,25+,26+,27-,28-,30-,31-/m1/s1. The van der Waals surface area contributed by atoms with E-state index in [-0.39, 0.29) is 33.8 Å². The summed E-state index contributed by atoms with van der Waals surface area (Å²) in [5.74, 6) is -4.49. The number of aliphatic hydroxyl groups is 7. The minimum atomic E-state index is -1.94. The van der Waals surface area contributed by atoms with Crippen LogP contribution < -0.4 is 9.47 Å². The molecule has 2 aliphatic rings. The molecule has 3 aromatic rings. The molecule has 3 heterocycles. The number of aromatic hydroxyl groups is 3. The number of carboxylic acids is 1. The van der Waals surface area contributed by atoms with Gasteiger partial charge in [0.05, 0.1) is 31.1 Å². The van der Waals surface area contributed by atoms with Crippen LogP contribution in [0.2, 0.25) is 0 Å². The van der Waals surface area contributed by atoms with Gasteiger partial charge < -0.3 is 79.9 Å². The molecule has 0 amide bonds. The summed E-state index contributed by atoms with van der Waals surface area (Å²) >= 11 is 0. The molecule has 272 valence electrons. The Hall–Kier alpha value is -4.57. The SMILES string of the molecule is O=C(O)CCC(=O)OC[C@H]1O[C@@H](Oc2cc3c(O[C@@H]4O[C@H](CO)[C@@H](O)[C@H](O)[C@H]4O)cc(O)cc3[o+]c2-c2ccc(O)c(O)c2)[C@H](O)[C@@H](O)[C@@H]1O. The number of hydrogen-bond acceptors (Lipinski definition) is 17. The lowest BCUT2D eigenvalue weighted by atomic mass is 9.99. The number of benzene rings is 2. The van der Waals surface area contributed by atoms with Crippen molar-refractivity contribution in [3.8, 4) is 40.1 Å². The lowest BCUT2D eigenvalue weighted by Crippen LogP contribution is -2.60. The number of aliphatic carboxylic acids is 1. The van der Waals surface area contributed by atoms with Gasteiger partial charge in [0.25, 0.3) is 0 Å². The summed E-state index contributed by atoms with van der Waals surface area (Å²) in [5, 5.41) is 112. The molecule has 50 heavy (non-hydrogen) atoms. The lowest BCUT2D eigenvalue weighted by molar-refractivity contribution is -0.278. The maximum absolute atomic E-state index is 12.0. The number of carbonyl (C=O) groups is 2. The topological polar surface area (TPSA) is 314 Å². The fraction of sp³-hybridized carbons (Fsp3) is 0.452. The summed E-state index contributed by atoms with van der Waals surface area (Å²) in [6.45, 7) is -1.44. The van der Waals surface area contributed by atoms with E-state index in [2.05, 4.69) is 0 Å². The van der Waals surface area contributed by atoms with Gasteiger partial charge in [0.1, 0.15) is 72.3 Å². The Morgan fingerprint density at radius 1 is 0.720 bits per heavy atom. The van der Waals surface area contributed by atoms with Crippen LogP contribution >= 0.6 is 0 Å². The first kappa shape index (κ1) is 36.7. The van der Waals surface area contributed by atoms with Gasteiger partial charge in [-0.05, 0) is 12.1 Å². The van der Waals surface area contributed by atoms with Crippen molar-refractivity contribution in [1.82, 2.24) is 0 Å². The van der Waals surface area contributed by atoms with Crippen LogP contribution in [0, 0.1) is 0 Å². The average molecular weight is 712 g/mol. The van der Waals surface area contributed by atoms with Crippen molar-refractivity contribution in [2.45, 2.75) is 74.3 Å². The number of hydrogen-bond donors (Lipinski definition) is 11. The molecule has 1 aromatic heterocycles. The summed E-state index contributed by atoms with van der Waals surface area (Å²) in [5.41, 5.74) is -0.0574. The van der Waals surface area contributed by atoms with Crippen LogP contribution in [0.25, 0.3) is 22.3 Å². The van der Waals surface area contributed by atoms with Crippen LogP contribution in [0.15, 0.2) is 40.8 Å². The molecule has 2 aliphatic heterocycles. The van der Waals surface area contributed by atoms with Crippen molar-refractivity contribution in [3.05, 3.63) is 36.4 Å². The lowest BCUT2D eigenvalue weighted by Gasteiger charge is -2.39. The van der Waals surface area contributed by atoms with Gasteiger partial charge >= 0.3 is 23.3 Å². The predicted molar refractivity (Wildman–Crippen MR) is 161 cm³/mol. The minimum absolute atomic E-state index is 0.0173. The number of carboxylic acid groups (broad SMARTS) is 1. The highest BCUT2D eigenvalue weighted by Gasteiger charge is 2.47. The second kappa shape index (κ2) is 15.1. The molecule has 2 aromatic carbocycles. The Kier molecular flexibility index (Phi) is 11.1. The van der Waals surface area contributed by atoms with E-state index in [0.717, 1.165) is 24.3 Å². The summed E-state index contributed by atoms with van der Waals surface area (Å²) in [4.78, 5) is 22.7. The summed E-state index contributed by atoms with van der Waals surface area (Å²) in [7, 11) is 0. The number of aliphatic hydroxyl groups excluding tert-OH is 7. The minimum Gasteiger partial charge on any atom is -0.507 e. The van der Waals surface area contributed by atoms with Crippen LogP contribution in [0.5, 0.6) is 28.7 Å². The first-order valence-corrected chi connectivity index (χ1v) is 15.1. The highest BCUT2D eigenvalue weighted by molar-refractivity contribution is 5.89. The Balaban J connectivity index is 1.52. The third-order valence-electron chi connectivity index (χ3n) is 7.99. The zero-order valence-electron chi connectivity index (χ0n) is 25.8. The van der Waals surface area contributed by atoms with Crippen LogP contribution in [-0.2, 0) is 23.8 Å². The van der Waals surface area contributed by atoms with E-state index < -0.39 is 117 Å². The van der Waals surface area contributed by atoms with Gasteiger partial charge in [-0.25, -0.2) is 4.42 Å². The monoisotopic (exact) mass is 711 g/mol. The molecule has 11 N–H and O–H groups in total. The van der Waals surface area contributed by atoms with Gasteiger partial charge in [-0.2, -0.15) is 0 Å². The summed E-state index contributed by atoms with van der Waals surface area (Å²) < 4.78 is 33.7. The van der Waals surface area contributed by atoms with Gasteiger partial charge in [-0.1, -0.05) is 0 Å². The average Bonchev–Trinajstić information content (AvgIpc) is 3.08. The molecular weight excluding hydrogens is 676 g/mol. The number of fused-ring (bicyclic) bond motifs is 1. The number of esters is 1. The highest BCUT2D eigenvalue weighted by atomic mass is 16.7. The van der Waals surface area contributed by atoms with E-state index in [1.807, 2.05) is 0 Å². The van der Waals surface area contributed by atoms with E-state index in [9.17, 15) is 60.7 Å². The molecular formula is C31H35O19+. The molecule has 0 bridgehead atoms. The van der Waals surface area contributed by atoms with Crippen molar-refractivity contribution in [2.75, 3.05) is 13.2 Å². The third-order valence-corrected chi connectivity index (χ3v) is 7.99. The fourth-order valence-corrected chi connectivity index (χ4v) is 5.24. The molecule has 0 unspecified atom stereocenters. The molecule has 0 saturated carbocycles. The van der Waals surface area contributed by atoms with E-state index in [1.165, 1.54) is 12.1 Å². The Bertz CT molecular complexity index is 1700. The van der Waals surface area contributed by atoms with Crippen LogP contribution in [0.4, 0.5) is 0 Å². The second-order valence-electron chi connectivity index (χ2n) is 11.5. The van der Waals surface area contributed by atoms with Gasteiger partial charge in [-0.15, -0.1) is 0 Å². The molecule has 19 heteroatoms. The Morgan fingerprint density at radius 2 is 1.34 bits per heavy atom. The van der Waals surface area contributed by atoms with Crippen LogP contribution in [0.1, 0.15) is 12.8 Å². The van der Waals surface area contributed by atoms with Gasteiger partial charge in [0, 0.05) is 18.2 Å².